The van der Waals surface area contributed by atoms with Gasteiger partial charge in [-0.05, 0) is 36.4 Å². The monoisotopic (exact) mass is 342 g/mol. The lowest BCUT2D eigenvalue weighted by Gasteiger charge is -2.11. The normalized spacial score (nSPS) is 11.1. The Hall–Kier alpha value is -3.27. The third-order valence-electron chi connectivity index (χ3n) is 3.59. The van der Waals surface area contributed by atoms with Crippen LogP contribution in [-0.4, -0.2) is 9.78 Å². The lowest BCUT2D eigenvalue weighted by atomic mass is 10.1. The van der Waals surface area contributed by atoms with Crippen LogP contribution in [0.25, 0.3) is 5.69 Å². The highest BCUT2D eigenvalue weighted by Gasteiger charge is 2.31. The molecule has 0 aliphatic heterocycles. The molecule has 0 spiro atoms. The minimum atomic E-state index is -4.47. The van der Waals surface area contributed by atoms with E-state index in [0.29, 0.717) is 17.9 Å². The van der Waals surface area contributed by atoms with Gasteiger partial charge in [-0.3, -0.25) is 0 Å². The number of aromatic nitrogens is 2. The van der Waals surface area contributed by atoms with Gasteiger partial charge in [0.2, 0.25) is 0 Å². The first kappa shape index (κ1) is 16.6. The molecule has 1 aromatic heterocycles. The van der Waals surface area contributed by atoms with E-state index in [1.165, 1.54) is 6.07 Å². The number of halogens is 3. The first-order valence-corrected chi connectivity index (χ1v) is 7.42. The molecule has 7 heteroatoms. The van der Waals surface area contributed by atoms with Crippen molar-refractivity contribution in [3.63, 3.8) is 0 Å². The van der Waals surface area contributed by atoms with E-state index >= 15 is 0 Å². The van der Waals surface area contributed by atoms with Gasteiger partial charge in [-0.2, -0.15) is 23.5 Å². The highest BCUT2D eigenvalue weighted by molar-refractivity contribution is 5.59. The summed E-state index contributed by atoms with van der Waals surface area (Å²) in [5, 5.41) is 16.4. The van der Waals surface area contributed by atoms with Gasteiger partial charge in [0.1, 0.15) is 6.07 Å². The quantitative estimate of drug-likeness (QED) is 0.766. The zero-order chi connectivity index (χ0) is 17.9. The predicted octanol–water partition coefficient (Wildman–Crippen LogP) is 4.37. The van der Waals surface area contributed by atoms with Gasteiger partial charge in [-0.15, -0.1) is 0 Å². The van der Waals surface area contributed by atoms with Crippen molar-refractivity contribution in [1.29, 1.82) is 5.26 Å². The van der Waals surface area contributed by atoms with Gasteiger partial charge in [0, 0.05) is 6.20 Å². The molecule has 1 N–H and O–H groups in total. The number of hydrogen-bond donors (Lipinski definition) is 1. The van der Waals surface area contributed by atoms with Crippen LogP contribution in [0.15, 0.2) is 60.8 Å². The summed E-state index contributed by atoms with van der Waals surface area (Å²) in [6, 6.07) is 16.2. The zero-order valence-corrected chi connectivity index (χ0v) is 13.0. The molecule has 0 amide bonds. The molecule has 0 saturated carbocycles. The molecule has 126 valence electrons. The maximum Gasteiger partial charge on any atom is 0.416 e. The third kappa shape index (κ3) is 3.80. The predicted molar refractivity (Wildman–Crippen MR) is 87.0 cm³/mol. The molecule has 0 aliphatic carbocycles. The average Bonchev–Trinajstić information content (AvgIpc) is 3.08. The van der Waals surface area contributed by atoms with Crippen LogP contribution in [-0.2, 0) is 12.7 Å². The highest BCUT2D eigenvalue weighted by Crippen LogP contribution is 2.31. The molecule has 0 radical (unpaired) electrons. The summed E-state index contributed by atoms with van der Waals surface area (Å²) in [7, 11) is 0. The minimum Gasteiger partial charge on any atom is -0.378 e. The Balaban J connectivity index is 1.74. The van der Waals surface area contributed by atoms with Gasteiger partial charge < -0.3 is 5.32 Å². The van der Waals surface area contributed by atoms with Crippen LogP contribution in [0.2, 0.25) is 0 Å². The van der Waals surface area contributed by atoms with Crippen molar-refractivity contribution in [2.45, 2.75) is 12.7 Å². The highest BCUT2D eigenvalue weighted by atomic mass is 19.4. The second-order valence-electron chi connectivity index (χ2n) is 5.31. The molecule has 0 aliphatic rings. The molecule has 1 heterocycles. The summed E-state index contributed by atoms with van der Waals surface area (Å²) in [5.41, 5.74) is 1.04. The lowest BCUT2D eigenvalue weighted by molar-refractivity contribution is -0.137. The van der Waals surface area contributed by atoms with Crippen LogP contribution < -0.4 is 5.32 Å². The van der Waals surface area contributed by atoms with Gasteiger partial charge in [-0.1, -0.05) is 18.2 Å². The van der Waals surface area contributed by atoms with Crippen molar-refractivity contribution in [3.8, 4) is 11.8 Å². The fourth-order valence-electron chi connectivity index (χ4n) is 2.33. The number of rotatable bonds is 4. The second-order valence-corrected chi connectivity index (χ2v) is 5.31. The minimum absolute atomic E-state index is 0.0580. The Morgan fingerprint density at radius 1 is 1.08 bits per heavy atom. The number of hydrogen-bond acceptors (Lipinski definition) is 3. The molecule has 0 fully saturated rings. The van der Waals surface area contributed by atoms with E-state index in [1.807, 2.05) is 30.3 Å². The number of alkyl halides is 3. The second kappa shape index (κ2) is 6.69. The van der Waals surface area contributed by atoms with Crippen molar-refractivity contribution in [2.24, 2.45) is 0 Å². The van der Waals surface area contributed by atoms with E-state index < -0.39 is 11.7 Å². The molecule has 0 unspecified atom stereocenters. The number of anilines is 1. The molecule has 25 heavy (non-hydrogen) atoms. The van der Waals surface area contributed by atoms with Crippen LogP contribution in [0, 0.1) is 11.3 Å². The number of nitrogens with one attached hydrogen (secondary N) is 1. The lowest BCUT2D eigenvalue weighted by Crippen LogP contribution is -2.07. The SMILES string of the molecule is N#Cc1cc(C(F)(F)F)ccc1NCc1ccn(-c2ccccc2)n1. The topological polar surface area (TPSA) is 53.6 Å². The van der Waals surface area contributed by atoms with E-state index in [4.69, 9.17) is 5.26 Å². The van der Waals surface area contributed by atoms with E-state index in [0.717, 1.165) is 17.8 Å². The molecular weight excluding hydrogens is 329 g/mol. The molecular formula is C18H13F3N4. The van der Waals surface area contributed by atoms with E-state index in [1.54, 1.807) is 23.0 Å². The van der Waals surface area contributed by atoms with Gasteiger partial charge in [0.15, 0.2) is 0 Å². The van der Waals surface area contributed by atoms with Crippen LogP contribution in [0.1, 0.15) is 16.8 Å². The van der Waals surface area contributed by atoms with Gasteiger partial charge >= 0.3 is 6.18 Å². The summed E-state index contributed by atoms with van der Waals surface area (Å²) in [6.07, 6.45) is -2.68. The summed E-state index contributed by atoms with van der Waals surface area (Å²) >= 11 is 0. The Labute approximate surface area is 142 Å². The first-order valence-electron chi connectivity index (χ1n) is 7.42. The average molecular weight is 342 g/mol. The van der Waals surface area contributed by atoms with Gasteiger partial charge in [0.25, 0.3) is 0 Å². The van der Waals surface area contributed by atoms with Gasteiger partial charge in [-0.25, -0.2) is 4.68 Å². The van der Waals surface area contributed by atoms with Crippen molar-refractivity contribution in [3.05, 3.63) is 77.6 Å². The number of nitriles is 1. The molecule has 3 aromatic rings. The standard InChI is InChI=1S/C18H13F3N4/c19-18(20,21)14-6-7-17(13(10-14)11-22)23-12-15-8-9-25(24-15)16-4-2-1-3-5-16/h1-10,23H,12H2. The van der Waals surface area contributed by atoms with Crippen molar-refractivity contribution in [2.75, 3.05) is 5.32 Å². The van der Waals surface area contributed by atoms with Crippen LogP contribution >= 0.6 is 0 Å². The van der Waals surface area contributed by atoms with Gasteiger partial charge in [0.05, 0.1) is 34.7 Å². The van der Waals surface area contributed by atoms with Crippen LogP contribution in [0.4, 0.5) is 18.9 Å². The Bertz CT molecular complexity index is 908. The summed E-state index contributed by atoms with van der Waals surface area (Å²) < 4.78 is 39.8. The third-order valence-corrected chi connectivity index (χ3v) is 3.59. The molecule has 0 bridgehead atoms. The van der Waals surface area contributed by atoms with Crippen molar-refractivity contribution in [1.82, 2.24) is 9.78 Å². The zero-order valence-electron chi connectivity index (χ0n) is 13.0. The summed E-state index contributed by atoms with van der Waals surface area (Å²) in [5.74, 6) is 0. The molecule has 4 nitrogen and oxygen atoms in total. The van der Waals surface area contributed by atoms with E-state index in [2.05, 4.69) is 10.4 Å². The maximum atomic E-state index is 12.7. The van der Waals surface area contributed by atoms with E-state index in [9.17, 15) is 13.2 Å². The van der Waals surface area contributed by atoms with E-state index in [-0.39, 0.29) is 5.56 Å². The van der Waals surface area contributed by atoms with Crippen molar-refractivity contribution >= 4 is 5.69 Å². The smallest absolute Gasteiger partial charge is 0.378 e. The Kier molecular flexibility index (Phi) is 4.44. The number of para-hydroxylation sites is 1. The van der Waals surface area contributed by atoms with Crippen molar-refractivity contribution < 1.29 is 13.2 Å². The molecule has 0 atom stereocenters. The fourth-order valence-corrected chi connectivity index (χ4v) is 2.33. The largest absolute Gasteiger partial charge is 0.416 e. The van der Waals surface area contributed by atoms with Crippen LogP contribution in [0.5, 0.6) is 0 Å². The number of nitrogens with zero attached hydrogens (tertiary/aromatic N) is 3. The Morgan fingerprint density at radius 2 is 1.84 bits per heavy atom. The first-order chi connectivity index (χ1) is 12.0. The molecule has 0 saturated heterocycles. The van der Waals surface area contributed by atoms with Crippen LogP contribution in [0.3, 0.4) is 0 Å². The maximum absolute atomic E-state index is 12.7. The Morgan fingerprint density at radius 3 is 2.52 bits per heavy atom. The number of benzene rings is 2. The fraction of sp³-hybridized carbons (Fsp3) is 0.111. The molecule has 2 aromatic carbocycles. The molecule has 3 rings (SSSR count). The summed E-state index contributed by atoms with van der Waals surface area (Å²) in [4.78, 5) is 0. The summed E-state index contributed by atoms with van der Waals surface area (Å²) in [6.45, 7) is 0.292.